The summed E-state index contributed by atoms with van der Waals surface area (Å²) in [5.41, 5.74) is -0.282. The van der Waals surface area contributed by atoms with Crippen LogP contribution < -0.4 is 0 Å². The molecule has 0 amide bonds. The lowest BCUT2D eigenvalue weighted by atomic mass is 9.48. The highest BCUT2D eigenvalue weighted by Gasteiger charge is 2.65. The third-order valence-electron chi connectivity index (χ3n) is 8.69. The quantitative estimate of drug-likeness (QED) is 0.494. The fourth-order valence-corrected chi connectivity index (χ4v) is 7.17. The van der Waals surface area contributed by atoms with Crippen LogP contribution in [0.15, 0.2) is 11.6 Å². The monoisotopic (exact) mass is 374 g/mol. The standard InChI is InChI=1S/C23H28F2O2/c1-21-7-5-16(26)13-15(21)3-4-17-18(21)6-8-22(2)19(17)14-23(9-11-24,10-12-25)20(22)27/h3,16-20,26-27H,4-8,13-14H2,1-2H3/t16?,17-,18-,19+,20?,21+,22+/m1/s1. The number of aliphatic hydroxyl groups excluding tert-OH is 2. The van der Waals surface area contributed by atoms with Gasteiger partial charge in [0, 0.05) is 0 Å². The van der Waals surface area contributed by atoms with Crippen LogP contribution in [0.2, 0.25) is 0 Å². The van der Waals surface area contributed by atoms with Crippen molar-refractivity contribution in [1.29, 1.82) is 0 Å². The summed E-state index contributed by atoms with van der Waals surface area (Å²) in [4.78, 5) is 0. The van der Waals surface area contributed by atoms with Crippen LogP contribution in [0.3, 0.4) is 0 Å². The van der Waals surface area contributed by atoms with Crippen LogP contribution >= 0.6 is 0 Å². The third kappa shape index (κ3) is 2.53. The van der Waals surface area contributed by atoms with Gasteiger partial charge in [0.25, 0.3) is 0 Å². The molecule has 2 nitrogen and oxygen atoms in total. The number of hydrogen-bond acceptors (Lipinski definition) is 2. The molecule has 146 valence electrons. The van der Waals surface area contributed by atoms with Crippen molar-refractivity contribution < 1.29 is 19.0 Å². The molecular weight excluding hydrogens is 346 g/mol. The molecule has 3 fully saturated rings. The Labute approximate surface area is 160 Å². The first-order valence-electron chi connectivity index (χ1n) is 10.1. The Hall–Kier alpha value is -1.36. The molecule has 4 rings (SSSR count). The second-order valence-corrected chi connectivity index (χ2v) is 9.72. The van der Waals surface area contributed by atoms with Crippen molar-refractivity contribution >= 4 is 0 Å². The van der Waals surface area contributed by atoms with Gasteiger partial charge in [0.2, 0.25) is 0 Å². The number of aliphatic hydroxyl groups is 2. The van der Waals surface area contributed by atoms with E-state index in [1.54, 1.807) is 0 Å². The largest absolute Gasteiger partial charge is 0.393 e. The summed E-state index contributed by atoms with van der Waals surface area (Å²) >= 11 is 0. The molecule has 4 heteroatoms. The third-order valence-corrected chi connectivity index (χ3v) is 8.69. The average molecular weight is 374 g/mol. The van der Waals surface area contributed by atoms with Gasteiger partial charge in [-0.2, -0.15) is 0 Å². The highest BCUT2D eigenvalue weighted by atomic mass is 19.1. The number of rotatable bonds is 0. The van der Waals surface area contributed by atoms with Gasteiger partial charge in [0.05, 0.1) is 12.2 Å². The van der Waals surface area contributed by atoms with Crippen LogP contribution in [0.25, 0.3) is 0 Å². The van der Waals surface area contributed by atoms with Crippen molar-refractivity contribution in [2.24, 2.45) is 34.0 Å². The van der Waals surface area contributed by atoms with Gasteiger partial charge in [-0.15, -0.1) is 8.78 Å². The van der Waals surface area contributed by atoms with E-state index in [2.05, 4.69) is 24.8 Å². The summed E-state index contributed by atoms with van der Waals surface area (Å²) < 4.78 is 25.9. The molecule has 0 aliphatic heterocycles. The van der Waals surface area contributed by atoms with Gasteiger partial charge in [0.15, 0.2) is 0 Å². The van der Waals surface area contributed by atoms with E-state index in [-0.39, 0.29) is 17.4 Å². The van der Waals surface area contributed by atoms with E-state index in [0.717, 1.165) is 38.5 Å². The fraction of sp³-hybridized carbons (Fsp3) is 0.739. The minimum Gasteiger partial charge on any atom is -0.393 e. The number of fused-ring (bicyclic) bond motifs is 5. The highest BCUT2D eigenvalue weighted by molar-refractivity contribution is 5.35. The molecule has 2 unspecified atom stereocenters. The van der Waals surface area contributed by atoms with Crippen molar-refractivity contribution in [1.82, 2.24) is 0 Å². The molecule has 0 aromatic carbocycles. The van der Waals surface area contributed by atoms with Crippen molar-refractivity contribution in [3.05, 3.63) is 11.6 Å². The van der Waals surface area contributed by atoms with Crippen LogP contribution in [0.4, 0.5) is 8.78 Å². The zero-order chi connectivity index (χ0) is 19.4. The summed E-state index contributed by atoms with van der Waals surface area (Å²) in [5.74, 6) is 5.82. The van der Waals surface area contributed by atoms with Crippen LogP contribution in [-0.2, 0) is 0 Å². The first-order valence-corrected chi connectivity index (χ1v) is 10.1. The lowest BCUT2D eigenvalue weighted by Gasteiger charge is -2.57. The Balaban J connectivity index is 1.73. The summed E-state index contributed by atoms with van der Waals surface area (Å²) in [7, 11) is 0. The Kier molecular flexibility index (Phi) is 4.45. The number of allylic oxidation sites excluding steroid dienone is 1. The Bertz CT molecular complexity index is 762. The van der Waals surface area contributed by atoms with E-state index < -0.39 is 16.9 Å². The molecule has 0 heterocycles. The average Bonchev–Trinajstić information content (AvgIpc) is 2.85. The Morgan fingerprint density at radius 3 is 2.41 bits per heavy atom. The highest BCUT2D eigenvalue weighted by Crippen LogP contribution is 2.67. The summed E-state index contributed by atoms with van der Waals surface area (Å²) in [5, 5.41) is 21.2. The molecule has 0 spiro atoms. The Morgan fingerprint density at radius 2 is 1.74 bits per heavy atom. The first-order chi connectivity index (χ1) is 12.8. The molecule has 0 aromatic rings. The van der Waals surface area contributed by atoms with Crippen molar-refractivity contribution in [2.75, 3.05) is 0 Å². The van der Waals surface area contributed by atoms with E-state index in [0.29, 0.717) is 18.3 Å². The molecular formula is C23H28F2O2. The zero-order valence-corrected chi connectivity index (χ0v) is 16.1. The van der Waals surface area contributed by atoms with Gasteiger partial charge >= 0.3 is 0 Å². The smallest absolute Gasteiger partial charge is 0.124 e. The maximum atomic E-state index is 12.9. The number of halogens is 2. The van der Waals surface area contributed by atoms with Gasteiger partial charge in [-0.1, -0.05) is 25.5 Å². The molecule has 0 bridgehead atoms. The van der Waals surface area contributed by atoms with E-state index >= 15 is 0 Å². The molecule has 0 radical (unpaired) electrons. The SMILES string of the molecule is C[C@]12CCC(O)CC1=CC[C@@H]1[C@H]2CC[C@]2(C)C(O)C(C#CF)(C#CF)C[C@@H]12. The predicted octanol–water partition coefficient (Wildman–Crippen LogP) is 4.13. The summed E-state index contributed by atoms with van der Waals surface area (Å²) in [6.07, 6.45) is 9.59. The Morgan fingerprint density at radius 1 is 1.04 bits per heavy atom. The van der Waals surface area contributed by atoms with Crippen molar-refractivity contribution in [3.63, 3.8) is 0 Å². The molecule has 27 heavy (non-hydrogen) atoms. The lowest BCUT2D eigenvalue weighted by Crippen LogP contribution is -2.51. The lowest BCUT2D eigenvalue weighted by molar-refractivity contribution is -0.0759. The minimum atomic E-state index is -1.31. The molecule has 4 aliphatic rings. The predicted molar refractivity (Wildman–Crippen MR) is 99.3 cm³/mol. The van der Waals surface area contributed by atoms with Gasteiger partial charge in [-0.05, 0) is 85.4 Å². The van der Waals surface area contributed by atoms with E-state index in [1.165, 1.54) is 17.9 Å². The van der Waals surface area contributed by atoms with Gasteiger partial charge in [-0.25, -0.2) is 0 Å². The van der Waals surface area contributed by atoms with Crippen molar-refractivity contribution in [2.45, 2.75) is 71.0 Å². The topological polar surface area (TPSA) is 40.5 Å². The molecule has 2 N–H and O–H groups in total. The van der Waals surface area contributed by atoms with E-state index in [9.17, 15) is 19.0 Å². The maximum absolute atomic E-state index is 12.9. The fourth-order valence-electron chi connectivity index (χ4n) is 7.17. The minimum absolute atomic E-state index is 0.0806. The van der Waals surface area contributed by atoms with E-state index in [1.807, 2.05) is 6.92 Å². The normalized spacial score (nSPS) is 47.2. The number of hydrogen-bond donors (Lipinski definition) is 2. The molecule has 0 saturated heterocycles. The zero-order valence-electron chi connectivity index (χ0n) is 16.1. The van der Waals surface area contributed by atoms with Crippen LogP contribution in [0.1, 0.15) is 58.8 Å². The maximum Gasteiger partial charge on any atom is 0.124 e. The van der Waals surface area contributed by atoms with Crippen LogP contribution in [0.5, 0.6) is 0 Å². The second kappa shape index (κ2) is 6.33. The van der Waals surface area contributed by atoms with Gasteiger partial charge < -0.3 is 10.2 Å². The van der Waals surface area contributed by atoms with Crippen LogP contribution in [-0.4, -0.2) is 22.4 Å². The van der Waals surface area contributed by atoms with Crippen LogP contribution in [0, 0.1) is 58.2 Å². The second-order valence-electron chi connectivity index (χ2n) is 9.72. The first kappa shape index (κ1) is 19.0. The van der Waals surface area contributed by atoms with E-state index in [4.69, 9.17) is 0 Å². The van der Waals surface area contributed by atoms with Crippen molar-refractivity contribution in [3.8, 4) is 24.2 Å². The molecule has 0 aromatic heterocycles. The molecule has 4 aliphatic carbocycles. The van der Waals surface area contributed by atoms with Gasteiger partial charge in [0.1, 0.15) is 17.8 Å². The molecule has 7 atom stereocenters. The summed E-state index contributed by atoms with van der Waals surface area (Å²) in [6.45, 7) is 4.37. The van der Waals surface area contributed by atoms with Gasteiger partial charge in [-0.3, -0.25) is 0 Å². The summed E-state index contributed by atoms with van der Waals surface area (Å²) in [6, 6.07) is 0. The molecule has 3 saturated carbocycles.